The summed E-state index contributed by atoms with van der Waals surface area (Å²) in [5, 5.41) is 13.5. The van der Waals surface area contributed by atoms with Crippen molar-refractivity contribution < 1.29 is 5.11 Å². The van der Waals surface area contributed by atoms with E-state index >= 15 is 0 Å². The first kappa shape index (κ1) is 15.3. The van der Waals surface area contributed by atoms with Crippen molar-refractivity contribution in [3.05, 3.63) is 29.8 Å². The molecule has 0 aliphatic carbocycles. The molecule has 1 aliphatic heterocycles. The van der Waals surface area contributed by atoms with Gasteiger partial charge in [0, 0.05) is 12.2 Å². The van der Waals surface area contributed by atoms with Crippen molar-refractivity contribution >= 4 is 5.69 Å². The van der Waals surface area contributed by atoms with Crippen LogP contribution in [-0.4, -0.2) is 41.8 Å². The van der Waals surface area contributed by atoms with Crippen LogP contribution in [0.4, 0.5) is 5.69 Å². The normalized spacial score (nSPS) is 24.4. The summed E-state index contributed by atoms with van der Waals surface area (Å²) in [5.74, 6) is 0. The van der Waals surface area contributed by atoms with Crippen molar-refractivity contribution in [1.82, 2.24) is 4.90 Å². The number of likely N-dealkylation sites (tertiary alicyclic amines) is 1. The lowest BCUT2D eigenvalue weighted by Gasteiger charge is -2.33. The number of benzene rings is 1. The van der Waals surface area contributed by atoms with Gasteiger partial charge in [0.15, 0.2) is 0 Å². The van der Waals surface area contributed by atoms with Crippen LogP contribution in [-0.2, 0) is 0 Å². The van der Waals surface area contributed by atoms with Crippen LogP contribution < -0.4 is 5.32 Å². The van der Waals surface area contributed by atoms with Crippen molar-refractivity contribution in [2.45, 2.75) is 45.1 Å². The number of hydrogen-bond acceptors (Lipinski definition) is 3. The van der Waals surface area contributed by atoms with Crippen LogP contribution in [0.2, 0.25) is 0 Å². The van der Waals surface area contributed by atoms with E-state index in [4.69, 9.17) is 0 Å². The maximum atomic E-state index is 9.93. The maximum absolute atomic E-state index is 9.93. The predicted octanol–water partition coefficient (Wildman–Crippen LogP) is 3.03. The van der Waals surface area contributed by atoms with Crippen LogP contribution in [0.1, 0.15) is 38.2 Å². The van der Waals surface area contributed by atoms with Gasteiger partial charge in [0.05, 0.1) is 12.1 Å². The number of aryl methyl sites for hydroxylation is 1. The van der Waals surface area contributed by atoms with Crippen LogP contribution in [0.25, 0.3) is 0 Å². The Balaban J connectivity index is 2.05. The highest BCUT2D eigenvalue weighted by Gasteiger charge is 2.31. The smallest absolute Gasteiger partial charge is 0.0662 e. The zero-order valence-corrected chi connectivity index (χ0v) is 12.9. The molecular weight excluding hydrogens is 248 g/mol. The van der Waals surface area contributed by atoms with E-state index < -0.39 is 0 Å². The highest BCUT2D eigenvalue weighted by Crippen LogP contribution is 2.27. The molecule has 1 unspecified atom stereocenters. The quantitative estimate of drug-likeness (QED) is 0.867. The number of anilines is 1. The van der Waals surface area contributed by atoms with E-state index in [-0.39, 0.29) is 12.1 Å². The predicted molar refractivity (Wildman–Crippen MR) is 85.2 cm³/mol. The summed E-state index contributed by atoms with van der Waals surface area (Å²) in [7, 11) is 0. The van der Waals surface area contributed by atoms with Crippen molar-refractivity contribution in [3.63, 3.8) is 0 Å². The lowest BCUT2D eigenvalue weighted by Crippen LogP contribution is -2.43. The van der Waals surface area contributed by atoms with Gasteiger partial charge in [-0.2, -0.15) is 0 Å². The molecule has 1 aromatic carbocycles. The molecule has 0 radical (unpaired) electrons. The first-order chi connectivity index (χ1) is 9.67. The Morgan fingerprint density at radius 2 is 2.15 bits per heavy atom. The topological polar surface area (TPSA) is 35.5 Å². The second kappa shape index (κ2) is 7.09. The lowest BCUT2D eigenvalue weighted by molar-refractivity contribution is 0.192. The SMILES string of the molecule is CCCN1CCCC(CO)(Nc2cccc(C)c2)CC1. The molecule has 0 spiro atoms. The van der Waals surface area contributed by atoms with Gasteiger partial charge in [-0.1, -0.05) is 19.1 Å². The van der Waals surface area contributed by atoms with Gasteiger partial charge in [-0.3, -0.25) is 0 Å². The zero-order valence-electron chi connectivity index (χ0n) is 12.9. The second-order valence-electron chi connectivity index (χ2n) is 6.13. The van der Waals surface area contributed by atoms with Crippen LogP contribution in [0.3, 0.4) is 0 Å². The molecule has 1 saturated heterocycles. The molecule has 0 saturated carbocycles. The largest absolute Gasteiger partial charge is 0.394 e. The number of aliphatic hydroxyl groups excluding tert-OH is 1. The molecule has 1 atom stereocenters. The summed E-state index contributed by atoms with van der Waals surface area (Å²) < 4.78 is 0. The molecule has 1 fully saturated rings. The van der Waals surface area contributed by atoms with Crippen molar-refractivity contribution in [2.75, 3.05) is 31.6 Å². The van der Waals surface area contributed by atoms with Crippen LogP contribution >= 0.6 is 0 Å². The molecule has 1 heterocycles. The molecule has 3 nitrogen and oxygen atoms in total. The minimum Gasteiger partial charge on any atom is -0.394 e. The number of rotatable bonds is 5. The Morgan fingerprint density at radius 1 is 1.30 bits per heavy atom. The fourth-order valence-electron chi connectivity index (χ4n) is 3.14. The summed E-state index contributed by atoms with van der Waals surface area (Å²) in [6, 6.07) is 8.43. The fourth-order valence-corrected chi connectivity index (χ4v) is 3.14. The first-order valence-corrected chi connectivity index (χ1v) is 7.85. The second-order valence-corrected chi connectivity index (χ2v) is 6.13. The van der Waals surface area contributed by atoms with E-state index in [9.17, 15) is 5.11 Å². The number of aliphatic hydroxyl groups is 1. The molecule has 0 aromatic heterocycles. The summed E-state index contributed by atoms with van der Waals surface area (Å²) in [4.78, 5) is 2.52. The summed E-state index contributed by atoms with van der Waals surface area (Å²) in [5.41, 5.74) is 2.23. The van der Waals surface area contributed by atoms with Gasteiger partial charge in [0.2, 0.25) is 0 Å². The molecule has 1 aliphatic rings. The Hall–Kier alpha value is -1.06. The van der Waals surface area contributed by atoms with Gasteiger partial charge in [0.25, 0.3) is 0 Å². The Morgan fingerprint density at radius 3 is 2.85 bits per heavy atom. The van der Waals surface area contributed by atoms with Crippen LogP contribution in [0.15, 0.2) is 24.3 Å². The third-order valence-electron chi connectivity index (χ3n) is 4.31. The van der Waals surface area contributed by atoms with Crippen molar-refractivity contribution in [1.29, 1.82) is 0 Å². The Kier molecular flexibility index (Phi) is 5.44. The van der Waals surface area contributed by atoms with Gasteiger partial charge in [0.1, 0.15) is 0 Å². The Bertz CT molecular complexity index is 421. The molecule has 2 rings (SSSR count). The highest BCUT2D eigenvalue weighted by molar-refractivity contribution is 5.47. The van der Waals surface area contributed by atoms with Gasteiger partial charge in [-0.05, 0) is 63.4 Å². The third-order valence-corrected chi connectivity index (χ3v) is 4.31. The summed E-state index contributed by atoms with van der Waals surface area (Å²) in [6.07, 6.45) is 4.41. The number of nitrogens with one attached hydrogen (secondary N) is 1. The fraction of sp³-hybridized carbons (Fsp3) is 0.647. The third kappa shape index (κ3) is 3.97. The van der Waals surface area contributed by atoms with Crippen molar-refractivity contribution in [2.24, 2.45) is 0 Å². The molecule has 20 heavy (non-hydrogen) atoms. The zero-order chi connectivity index (χ0) is 14.4. The summed E-state index contributed by atoms with van der Waals surface area (Å²) >= 11 is 0. The van der Waals surface area contributed by atoms with E-state index in [1.54, 1.807) is 0 Å². The Labute approximate surface area is 123 Å². The molecule has 0 amide bonds. The molecule has 112 valence electrons. The van der Waals surface area contributed by atoms with E-state index in [0.29, 0.717) is 0 Å². The van der Waals surface area contributed by atoms with Gasteiger partial charge in [-0.25, -0.2) is 0 Å². The highest BCUT2D eigenvalue weighted by atomic mass is 16.3. The minimum absolute atomic E-state index is 0.156. The van der Waals surface area contributed by atoms with Gasteiger partial charge in [-0.15, -0.1) is 0 Å². The van der Waals surface area contributed by atoms with Crippen LogP contribution in [0.5, 0.6) is 0 Å². The molecule has 2 N–H and O–H groups in total. The van der Waals surface area contributed by atoms with E-state index in [1.165, 1.54) is 18.5 Å². The lowest BCUT2D eigenvalue weighted by atomic mass is 9.91. The molecule has 1 aromatic rings. The van der Waals surface area contributed by atoms with Crippen LogP contribution in [0, 0.1) is 6.92 Å². The van der Waals surface area contributed by atoms with E-state index in [1.807, 2.05) is 0 Å². The number of nitrogens with zero attached hydrogens (tertiary/aromatic N) is 1. The van der Waals surface area contributed by atoms with Crippen molar-refractivity contribution in [3.8, 4) is 0 Å². The molecule has 0 bridgehead atoms. The van der Waals surface area contributed by atoms with Gasteiger partial charge >= 0.3 is 0 Å². The molecule has 3 heteroatoms. The molecular formula is C17H28N2O. The minimum atomic E-state index is -0.156. The average molecular weight is 276 g/mol. The monoisotopic (exact) mass is 276 g/mol. The summed E-state index contributed by atoms with van der Waals surface area (Å²) in [6.45, 7) is 7.95. The first-order valence-electron chi connectivity index (χ1n) is 7.85. The number of hydrogen-bond donors (Lipinski definition) is 2. The maximum Gasteiger partial charge on any atom is 0.0662 e. The van der Waals surface area contributed by atoms with Gasteiger partial charge < -0.3 is 15.3 Å². The standard InChI is InChI=1S/C17H28N2O/c1-3-10-19-11-5-8-17(14-20,9-12-19)18-16-7-4-6-15(2)13-16/h4,6-7,13,18,20H,3,5,8-12,14H2,1-2H3. The average Bonchev–Trinajstić information content (AvgIpc) is 2.63. The van der Waals surface area contributed by atoms with E-state index in [2.05, 4.69) is 48.3 Å². The van der Waals surface area contributed by atoms with E-state index in [0.717, 1.165) is 38.0 Å².